The molecule has 5 nitrogen and oxygen atoms in total. The van der Waals surface area contributed by atoms with E-state index in [2.05, 4.69) is 4.72 Å². The Labute approximate surface area is 98.3 Å². The molecule has 0 fully saturated rings. The van der Waals surface area contributed by atoms with Crippen LogP contribution in [0.4, 0.5) is 0 Å². The second-order valence-electron chi connectivity index (χ2n) is 3.94. The molecule has 0 aromatic carbocycles. The lowest BCUT2D eigenvalue weighted by Crippen LogP contribution is -2.48. The summed E-state index contributed by atoms with van der Waals surface area (Å²) in [6, 6.07) is -0.702. The van der Waals surface area contributed by atoms with Crippen molar-refractivity contribution < 1.29 is 13.2 Å². The Kier molecular flexibility index (Phi) is 5.96. The maximum Gasteiger partial charge on any atom is 0.240 e. The first-order chi connectivity index (χ1) is 7.26. The van der Waals surface area contributed by atoms with Gasteiger partial charge in [0.15, 0.2) is 0 Å². The van der Waals surface area contributed by atoms with Crippen molar-refractivity contribution in [3.05, 3.63) is 0 Å². The zero-order chi connectivity index (χ0) is 12.9. The van der Waals surface area contributed by atoms with Crippen LogP contribution in [-0.2, 0) is 14.8 Å². The molecule has 16 heavy (non-hydrogen) atoms. The van der Waals surface area contributed by atoms with E-state index in [0.717, 1.165) is 0 Å². The summed E-state index contributed by atoms with van der Waals surface area (Å²) < 4.78 is 25.5. The molecule has 1 N–H and O–H groups in total. The molecule has 0 radical (unpaired) electrons. The SMILES string of the molecule is CCN(CC)C(=O)C(C)NS(=O)(=O)C(C)C. The van der Waals surface area contributed by atoms with E-state index in [1.54, 1.807) is 25.7 Å². The summed E-state index contributed by atoms with van der Waals surface area (Å²) in [6.45, 7) is 9.64. The summed E-state index contributed by atoms with van der Waals surface area (Å²) in [5.41, 5.74) is 0. The minimum absolute atomic E-state index is 0.186. The van der Waals surface area contributed by atoms with Crippen molar-refractivity contribution in [2.24, 2.45) is 0 Å². The number of likely N-dealkylation sites (N-methyl/N-ethyl adjacent to an activating group) is 1. The van der Waals surface area contributed by atoms with Crippen LogP contribution in [0.3, 0.4) is 0 Å². The third kappa shape index (κ3) is 4.09. The number of nitrogens with one attached hydrogen (secondary N) is 1. The van der Waals surface area contributed by atoms with Crippen molar-refractivity contribution in [1.82, 2.24) is 9.62 Å². The molecule has 0 aliphatic carbocycles. The maximum absolute atomic E-state index is 11.8. The van der Waals surface area contributed by atoms with Crippen molar-refractivity contribution in [1.29, 1.82) is 0 Å². The highest BCUT2D eigenvalue weighted by atomic mass is 32.2. The zero-order valence-electron chi connectivity index (χ0n) is 10.6. The maximum atomic E-state index is 11.8. The summed E-state index contributed by atoms with van der Waals surface area (Å²) in [5.74, 6) is -0.186. The summed E-state index contributed by atoms with van der Waals surface area (Å²) in [7, 11) is -3.39. The van der Waals surface area contributed by atoms with Crippen molar-refractivity contribution in [2.75, 3.05) is 13.1 Å². The molecule has 0 aromatic rings. The lowest BCUT2D eigenvalue weighted by Gasteiger charge is -2.23. The van der Waals surface area contributed by atoms with E-state index in [1.165, 1.54) is 0 Å². The average molecular weight is 250 g/mol. The van der Waals surface area contributed by atoms with E-state index >= 15 is 0 Å². The van der Waals surface area contributed by atoms with Gasteiger partial charge in [0.2, 0.25) is 15.9 Å². The predicted molar refractivity (Wildman–Crippen MR) is 64.6 cm³/mol. The van der Waals surface area contributed by atoms with E-state index in [-0.39, 0.29) is 5.91 Å². The Balaban J connectivity index is 4.59. The number of carbonyl (C=O) groups is 1. The molecule has 0 spiro atoms. The third-order valence-corrected chi connectivity index (χ3v) is 4.33. The Morgan fingerprint density at radius 3 is 1.94 bits per heavy atom. The van der Waals surface area contributed by atoms with Gasteiger partial charge in [-0.2, -0.15) is 0 Å². The number of carbonyl (C=O) groups excluding carboxylic acids is 1. The molecular weight excluding hydrogens is 228 g/mol. The fraction of sp³-hybridized carbons (Fsp3) is 0.900. The Bertz CT molecular complexity index is 321. The van der Waals surface area contributed by atoms with Crippen LogP contribution in [-0.4, -0.2) is 43.6 Å². The zero-order valence-corrected chi connectivity index (χ0v) is 11.5. The molecule has 1 atom stereocenters. The number of amides is 1. The molecule has 0 aliphatic heterocycles. The minimum Gasteiger partial charge on any atom is -0.342 e. The Morgan fingerprint density at radius 1 is 1.19 bits per heavy atom. The average Bonchev–Trinajstić information content (AvgIpc) is 2.18. The van der Waals surface area contributed by atoms with Crippen LogP contribution in [0.25, 0.3) is 0 Å². The van der Waals surface area contributed by atoms with Gasteiger partial charge >= 0.3 is 0 Å². The standard InChI is InChI=1S/C10H22N2O3S/c1-6-12(7-2)10(13)9(5)11-16(14,15)8(3)4/h8-9,11H,6-7H2,1-5H3. The van der Waals surface area contributed by atoms with Gasteiger partial charge in [0.05, 0.1) is 11.3 Å². The van der Waals surface area contributed by atoms with Crippen molar-refractivity contribution >= 4 is 15.9 Å². The molecule has 0 saturated heterocycles. The largest absolute Gasteiger partial charge is 0.342 e. The lowest BCUT2D eigenvalue weighted by molar-refractivity contribution is -0.132. The van der Waals surface area contributed by atoms with Crippen LogP contribution < -0.4 is 4.72 Å². The molecule has 0 bridgehead atoms. The highest BCUT2D eigenvalue weighted by Gasteiger charge is 2.25. The fourth-order valence-electron chi connectivity index (χ4n) is 1.24. The Hall–Kier alpha value is -0.620. The van der Waals surface area contributed by atoms with E-state index < -0.39 is 21.3 Å². The first-order valence-electron chi connectivity index (χ1n) is 5.56. The summed E-state index contributed by atoms with van der Waals surface area (Å²) in [4.78, 5) is 13.4. The number of nitrogens with zero attached hydrogens (tertiary/aromatic N) is 1. The van der Waals surface area contributed by atoms with Crippen LogP contribution in [0, 0.1) is 0 Å². The first-order valence-corrected chi connectivity index (χ1v) is 7.10. The molecule has 6 heteroatoms. The first kappa shape index (κ1) is 15.4. The van der Waals surface area contributed by atoms with E-state index in [0.29, 0.717) is 13.1 Å². The van der Waals surface area contributed by atoms with Crippen LogP contribution in [0.5, 0.6) is 0 Å². The second-order valence-corrected chi connectivity index (χ2v) is 6.21. The van der Waals surface area contributed by atoms with Gasteiger partial charge in [-0.3, -0.25) is 4.79 Å². The number of hydrogen-bond donors (Lipinski definition) is 1. The lowest BCUT2D eigenvalue weighted by atomic mass is 10.3. The quantitative estimate of drug-likeness (QED) is 0.749. The van der Waals surface area contributed by atoms with Crippen LogP contribution in [0.15, 0.2) is 0 Å². The molecular formula is C10H22N2O3S. The van der Waals surface area contributed by atoms with E-state index in [1.807, 2.05) is 13.8 Å². The van der Waals surface area contributed by atoms with Crippen LogP contribution >= 0.6 is 0 Å². The van der Waals surface area contributed by atoms with Gasteiger partial charge < -0.3 is 4.90 Å². The summed E-state index contributed by atoms with van der Waals surface area (Å²) in [5, 5.41) is -0.528. The highest BCUT2D eigenvalue weighted by molar-refractivity contribution is 7.90. The Morgan fingerprint density at radius 2 is 1.62 bits per heavy atom. The van der Waals surface area contributed by atoms with Gasteiger partial charge in [-0.1, -0.05) is 0 Å². The monoisotopic (exact) mass is 250 g/mol. The second kappa shape index (κ2) is 6.20. The normalized spacial score (nSPS) is 13.9. The van der Waals surface area contributed by atoms with E-state index in [4.69, 9.17) is 0 Å². The predicted octanol–water partition coefficient (Wildman–Crippen LogP) is 0.571. The van der Waals surface area contributed by atoms with Crippen molar-refractivity contribution in [3.8, 4) is 0 Å². The molecule has 0 aromatic heterocycles. The minimum atomic E-state index is -3.39. The number of rotatable bonds is 6. The molecule has 0 saturated carbocycles. The molecule has 0 heterocycles. The van der Waals surface area contributed by atoms with Gasteiger partial charge in [0.1, 0.15) is 0 Å². The van der Waals surface area contributed by atoms with Gasteiger partial charge in [-0.25, -0.2) is 13.1 Å². The molecule has 0 rings (SSSR count). The van der Waals surface area contributed by atoms with Crippen molar-refractivity contribution in [2.45, 2.75) is 45.9 Å². The molecule has 1 amide bonds. The van der Waals surface area contributed by atoms with Gasteiger partial charge in [-0.05, 0) is 34.6 Å². The molecule has 96 valence electrons. The summed E-state index contributed by atoms with van der Waals surface area (Å²) in [6.07, 6.45) is 0. The molecule has 0 aliphatic rings. The van der Waals surface area contributed by atoms with E-state index in [9.17, 15) is 13.2 Å². The molecule has 1 unspecified atom stereocenters. The summed E-state index contributed by atoms with van der Waals surface area (Å²) >= 11 is 0. The van der Waals surface area contributed by atoms with Gasteiger partial charge in [0, 0.05) is 13.1 Å². The smallest absolute Gasteiger partial charge is 0.240 e. The van der Waals surface area contributed by atoms with Gasteiger partial charge in [-0.15, -0.1) is 0 Å². The van der Waals surface area contributed by atoms with Crippen molar-refractivity contribution in [3.63, 3.8) is 0 Å². The third-order valence-electron chi connectivity index (χ3n) is 2.41. The van der Waals surface area contributed by atoms with Gasteiger partial charge in [0.25, 0.3) is 0 Å². The topological polar surface area (TPSA) is 66.5 Å². The number of sulfonamides is 1. The fourth-order valence-corrected chi connectivity index (χ4v) is 2.11. The van der Waals surface area contributed by atoms with Crippen LogP contribution in [0.1, 0.15) is 34.6 Å². The number of hydrogen-bond acceptors (Lipinski definition) is 3. The highest BCUT2D eigenvalue weighted by Crippen LogP contribution is 2.01. The van der Waals surface area contributed by atoms with Crippen LogP contribution in [0.2, 0.25) is 0 Å².